The van der Waals surface area contributed by atoms with Gasteiger partial charge in [-0.3, -0.25) is 9.38 Å². The number of hydrogen-bond acceptors (Lipinski definition) is 7. The van der Waals surface area contributed by atoms with Crippen molar-refractivity contribution in [2.24, 2.45) is 0 Å². The Hall–Kier alpha value is -3.55. The molecular formula is C19H13F5N6O2S. The highest BCUT2D eigenvalue weighted by Gasteiger charge is 2.60. The molecule has 0 saturated heterocycles. The SMILES string of the molecule is CCS(=O)(=O)c1cc(-c2ncccn2)cnc1-c1cn2cnc(C(F)(F)C(F)(F)F)cc2n1. The lowest BCUT2D eigenvalue weighted by Crippen LogP contribution is -2.34. The first-order valence-electron chi connectivity index (χ1n) is 9.24. The lowest BCUT2D eigenvalue weighted by atomic mass is 10.2. The second-order valence-corrected chi connectivity index (χ2v) is 9.03. The quantitative estimate of drug-likeness (QED) is 0.398. The average molecular weight is 484 g/mol. The van der Waals surface area contributed by atoms with E-state index in [1.54, 1.807) is 6.07 Å². The van der Waals surface area contributed by atoms with E-state index in [-0.39, 0.29) is 33.5 Å². The number of fused-ring (bicyclic) bond motifs is 1. The number of hydrogen-bond donors (Lipinski definition) is 0. The standard InChI is InChI=1S/C19H13F5N6O2S/c1-2-33(31,32)13-6-11(17-25-4-3-5-26-17)8-27-16(13)12-9-30-10-28-14(7-15(30)29-12)18(20,21)19(22,23)24/h3-10H,2H2,1H3. The zero-order chi connectivity index (χ0) is 24.0. The van der Waals surface area contributed by atoms with Crippen molar-refractivity contribution in [3.05, 3.63) is 55.0 Å². The minimum atomic E-state index is -5.84. The number of nitrogens with zero attached hydrogens (tertiary/aromatic N) is 6. The third-order valence-corrected chi connectivity index (χ3v) is 6.40. The summed E-state index contributed by atoms with van der Waals surface area (Å²) in [6.07, 6.45) is 0.369. The summed E-state index contributed by atoms with van der Waals surface area (Å²) in [5.74, 6) is -5.24. The van der Waals surface area contributed by atoms with Crippen LogP contribution in [0.5, 0.6) is 0 Å². The van der Waals surface area contributed by atoms with Gasteiger partial charge in [0.1, 0.15) is 29.1 Å². The van der Waals surface area contributed by atoms with Crippen LogP contribution in [0.4, 0.5) is 22.0 Å². The maximum atomic E-state index is 13.7. The summed E-state index contributed by atoms with van der Waals surface area (Å²) in [5.41, 5.74) is -1.69. The minimum absolute atomic E-state index is 0.0585. The molecule has 0 fully saturated rings. The van der Waals surface area contributed by atoms with Crippen LogP contribution >= 0.6 is 0 Å². The predicted octanol–water partition coefficient (Wildman–Crippen LogP) is 3.70. The van der Waals surface area contributed by atoms with E-state index in [0.29, 0.717) is 11.6 Å². The van der Waals surface area contributed by atoms with Crippen LogP contribution in [-0.4, -0.2) is 49.7 Å². The van der Waals surface area contributed by atoms with Crippen molar-refractivity contribution in [2.75, 3.05) is 5.75 Å². The van der Waals surface area contributed by atoms with Gasteiger partial charge in [0.25, 0.3) is 0 Å². The zero-order valence-corrected chi connectivity index (χ0v) is 17.4. The van der Waals surface area contributed by atoms with E-state index < -0.39 is 27.6 Å². The summed E-state index contributed by atoms with van der Waals surface area (Å²) in [6, 6.07) is 3.37. The van der Waals surface area contributed by atoms with E-state index >= 15 is 0 Å². The van der Waals surface area contributed by atoms with Gasteiger partial charge in [0.2, 0.25) is 0 Å². The fraction of sp³-hybridized carbons (Fsp3) is 0.211. The summed E-state index contributed by atoms with van der Waals surface area (Å²) in [4.78, 5) is 19.3. The van der Waals surface area contributed by atoms with Crippen LogP contribution in [0.3, 0.4) is 0 Å². The highest BCUT2D eigenvalue weighted by Crippen LogP contribution is 2.43. The Morgan fingerprint density at radius 2 is 1.70 bits per heavy atom. The second kappa shape index (κ2) is 7.79. The Kier molecular flexibility index (Phi) is 5.35. The van der Waals surface area contributed by atoms with Crippen molar-refractivity contribution >= 4 is 15.5 Å². The molecule has 4 aromatic rings. The first-order valence-corrected chi connectivity index (χ1v) is 10.9. The molecule has 0 atom stereocenters. The van der Waals surface area contributed by atoms with Crippen LogP contribution in [0.25, 0.3) is 28.4 Å². The third-order valence-electron chi connectivity index (χ3n) is 4.66. The Morgan fingerprint density at radius 1 is 1.00 bits per heavy atom. The maximum absolute atomic E-state index is 13.7. The van der Waals surface area contributed by atoms with E-state index in [1.165, 1.54) is 37.8 Å². The number of halogens is 5. The van der Waals surface area contributed by atoms with E-state index in [0.717, 1.165) is 10.7 Å². The summed E-state index contributed by atoms with van der Waals surface area (Å²) in [6.45, 7) is 1.42. The van der Waals surface area contributed by atoms with Gasteiger partial charge in [0.15, 0.2) is 15.7 Å². The van der Waals surface area contributed by atoms with E-state index in [1.807, 2.05) is 0 Å². The Balaban J connectivity index is 1.87. The largest absolute Gasteiger partial charge is 0.459 e. The summed E-state index contributed by atoms with van der Waals surface area (Å²) in [7, 11) is -3.85. The molecule has 8 nitrogen and oxygen atoms in total. The zero-order valence-electron chi connectivity index (χ0n) is 16.6. The Labute approximate surface area is 183 Å². The number of rotatable bonds is 5. The van der Waals surface area contributed by atoms with Gasteiger partial charge in [0, 0.05) is 36.4 Å². The van der Waals surface area contributed by atoms with Crippen molar-refractivity contribution < 1.29 is 30.4 Å². The number of alkyl halides is 5. The van der Waals surface area contributed by atoms with Gasteiger partial charge in [0.05, 0.1) is 10.6 Å². The second-order valence-electron chi connectivity index (χ2n) is 6.78. The fourth-order valence-corrected chi connectivity index (χ4v) is 3.99. The lowest BCUT2D eigenvalue weighted by Gasteiger charge is -2.18. The Bertz CT molecular complexity index is 1440. The summed E-state index contributed by atoms with van der Waals surface area (Å²) < 4.78 is 91.9. The molecule has 14 heteroatoms. The van der Waals surface area contributed by atoms with Crippen molar-refractivity contribution in [1.29, 1.82) is 0 Å². The highest BCUT2D eigenvalue weighted by molar-refractivity contribution is 7.91. The normalized spacial score (nSPS) is 12.9. The van der Waals surface area contributed by atoms with Gasteiger partial charge >= 0.3 is 12.1 Å². The summed E-state index contributed by atoms with van der Waals surface area (Å²) >= 11 is 0. The van der Waals surface area contributed by atoms with Crippen molar-refractivity contribution in [3.8, 4) is 22.8 Å². The van der Waals surface area contributed by atoms with E-state index in [4.69, 9.17) is 0 Å². The molecular weight excluding hydrogens is 471 g/mol. The molecule has 0 unspecified atom stereocenters. The topological polar surface area (TPSA) is 103 Å². The molecule has 0 aliphatic rings. The highest BCUT2D eigenvalue weighted by atomic mass is 32.2. The van der Waals surface area contributed by atoms with Crippen LogP contribution in [0.2, 0.25) is 0 Å². The monoisotopic (exact) mass is 484 g/mol. The van der Waals surface area contributed by atoms with Gasteiger partial charge in [-0.15, -0.1) is 0 Å². The average Bonchev–Trinajstić information content (AvgIpc) is 3.22. The molecule has 33 heavy (non-hydrogen) atoms. The molecule has 0 aromatic carbocycles. The van der Waals surface area contributed by atoms with E-state index in [2.05, 4.69) is 24.9 Å². The Morgan fingerprint density at radius 3 is 2.33 bits per heavy atom. The van der Waals surface area contributed by atoms with Crippen LogP contribution < -0.4 is 0 Å². The van der Waals surface area contributed by atoms with Crippen molar-refractivity contribution in [1.82, 2.24) is 29.3 Å². The molecule has 4 heterocycles. The summed E-state index contributed by atoms with van der Waals surface area (Å²) in [5, 5.41) is 0. The molecule has 0 N–H and O–H groups in total. The third kappa shape index (κ3) is 4.01. The molecule has 0 bridgehead atoms. The molecule has 0 amide bonds. The molecule has 0 aliphatic carbocycles. The van der Waals surface area contributed by atoms with Crippen molar-refractivity contribution in [3.63, 3.8) is 0 Å². The number of aromatic nitrogens is 6. The number of pyridine rings is 1. The van der Waals surface area contributed by atoms with Gasteiger partial charge in [-0.05, 0) is 12.1 Å². The first-order chi connectivity index (χ1) is 15.4. The molecule has 0 spiro atoms. The number of sulfone groups is 1. The molecule has 0 radical (unpaired) electrons. The molecule has 4 rings (SSSR count). The van der Waals surface area contributed by atoms with Gasteiger partial charge in [-0.2, -0.15) is 22.0 Å². The molecule has 4 aromatic heterocycles. The van der Waals surface area contributed by atoms with Gasteiger partial charge in [-0.25, -0.2) is 28.4 Å². The van der Waals surface area contributed by atoms with Crippen LogP contribution in [-0.2, 0) is 15.8 Å². The predicted molar refractivity (Wildman–Crippen MR) is 105 cm³/mol. The lowest BCUT2D eigenvalue weighted by molar-refractivity contribution is -0.290. The molecule has 172 valence electrons. The molecule has 0 aliphatic heterocycles. The fourth-order valence-electron chi connectivity index (χ4n) is 2.92. The van der Waals surface area contributed by atoms with Gasteiger partial charge in [-0.1, -0.05) is 6.92 Å². The van der Waals surface area contributed by atoms with Crippen LogP contribution in [0.1, 0.15) is 12.6 Å². The van der Waals surface area contributed by atoms with E-state index in [9.17, 15) is 30.4 Å². The first kappa shape index (κ1) is 22.6. The minimum Gasteiger partial charge on any atom is -0.290 e. The van der Waals surface area contributed by atoms with Crippen LogP contribution in [0, 0.1) is 0 Å². The number of imidazole rings is 1. The maximum Gasteiger partial charge on any atom is 0.459 e. The molecule has 0 saturated carbocycles. The van der Waals surface area contributed by atoms with Gasteiger partial charge < -0.3 is 0 Å². The smallest absolute Gasteiger partial charge is 0.290 e. The van der Waals surface area contributed by atoms with Crippen LogP contribution in [0.15, 0.2) is 54.2 Å². The van der Waals surface area contributed by atoms with Crippen molar-refractivity contribution in [2.45, 2.75) is 23.9 Å².